The molecule has 136 valence electrons. The number of methoxy groups -OCH3 is 1. The fourth-order valence-electron chi connectivity index (χ4n) is 3.46. The number of nitrogens with one attached hydrogen (secondary N) is 2. The van der Waals surface area contributed by atoms with Crippen molar-refractivity contribution in [1.82, 2.24) is 15.5 Å². The molecule has 0 aromatic carbocycles. The molecule has 7 nitrogen and oxygen atoms in total. The molecule has 0 aromatic rings. The van der Waals surface area contributed by atoms with Crippen LogP contribution in [0.25, 0.3) is 0 Å². The number of nitrogens with zero attached hydrogens (tertiary/aromatic N) is 1. The Labute approximate surface area is 143 Å². The predicted molar refractivity (Wildman–Crippen MR) is 89.3 cm³/mol. The summed E-state index contributed by atoms with van der Waals surface area (Å²) in [6, 6.07) is -0.257. The van der Waals surface area contributed by atoms with Gasteiger partial charge < -0.3 is 15.4 Å². The predicted octanol–water partition coefficient (Wildman–Crippen LogP) is 0.579. The lowest BCUT2D eigenvalue weighted by atomic mass is 10.1. The van der Waals surface area contributed by atoms with Crippen molar-refractivity contribution in [2.45, 2.75) is 63.5 Å². The molecule has 0 radical (unpaired) electrons. The number of hydrogen-bond acceptors (Lipinski definition) is 5. The van der Waals surface area contributed by atoms with Crippen molar-refractivity contribution < 1.29 is 19.1 Å². The van der Waals surface area contributed by atoms with Crippen LogP contribution >= 0.6 is 0 Å². The summed E-state index contributed by atoms with van der Waals surface area (Å²) in [4.78, 5) is 37.6. The molecular formula is C17H29N3O4. The lowest BCUT2D eigenvalue weighted by molar-refractivity contribution is -0.146. The first-order valence-electron chi connectivity index (χ1n) is 8.98. The summed E-state index contributed by atoms with van der Waals surface area (Å²) >= 11 is 0. The van der Waals surface area contributed by atoms with E-state index in [4.69, 9.17) is 0 Å². The maximum absolute atomic E-state index is 12.2. The monoisotopic (exact) mass is 339 g/mol. The molecule has 0 spiro atoms. The zero-order valence-electron chi connectivity index (χ0n) is 14.5. The zero-order chi connectivity index (χ0) is 17.4. The normalized spacial score (nSPS) is 23.2. The van der Waals surface area contributed by atoms with E-state index >= 15 is 0 Å². The molecule has 1 aliphatic carbocycles. The average molecular weight is 339 g/mol. The van der Waals surface area contributed by atoms with E-state index in [1.165, 1.54) is 32.8 Å². The van der Waals surface area contributed by atoms with E-state index in [1.807, 2.05) is 4.90 Å². The minimum absolute atomic E-state index is 0.0204. The van der Waals surface area contributed by atoms with Crippen LogP contribution in [0.2, 0.25) is 0 Å². The van der Waals surface area contributed by atoms with E-state index in [0.29, 0.717) is 26.1 Å². The highest BCUT2D eigenvalue weighted by molar-refractivity contribution is 5.87. The largest absolute Gasteiger partial charge is 0.469 e. The third kappa shape index (κ3) is 5.78. The number of rotatable bonds is 6. The van der Waals surface area contributed by atoms with E-state index in [2.05, 4.69) is 15.4 Å². The summed E-state index contributed by atoms with van der Waals surface area (Å²) in [5.74, 6) is -0.550. The number of ether oxygens (including phenoxy) is 1. The second kappa shape index (κ2) is 9.61. The second-order valence-corrected chi connectivity index (χ2v) is 6.63. The van der Waals surface area contributed by atoms with Crippen LogP contribution in [0.1, 0.15) is 51.4 Å². The van der Waals surface area contributed by atoms with Crippen LogP contribution in [-0.2, 0) is 19.1 Å². The Morgan fingerprint density at radius 1 is 1.25 bits per heavy atom. The van der Waals surface area contributed by atoms with Crippen LogP contribution in [0, 0.1) is 0 Å². The van der Waals surface area contributed by atoms with Gasteiger partial charge in [-0.25, -0.2) is 0 Å². The maximum Gasteiger partial charge on any atom is 0.307 e. The van der Waals surface area contributed by atoms with Crippen LogP contribution in [0.4, 0.5) is 0 Å². The number of esters is 1. The fourth-order valence-corrected chi connectivity index (χ4v) is 3.46. The van der Waals surface area contributed by atoms with E-state index in [0.717, 1.165) is 12.8 Å². The molecule has 1 saturated heterocycles. The lowest BCUT2D eigenvalue weighted by Gasteiger charge is -2.34. The minimum atomic E-state index is -0.545. The van der Waals surface area contributed by atoms with E-state index in [9.17, 15) is 14.4 Å². The van der Waals surface area contributed by atoms with Crippen molar-refractivity contribution in [3.63, 3.8) is 0 Å². The first-order valence-corrected chi connectivity index (χ1v) is 8.98. The summed E-state index contributed by atoms with van der Waals surface area (Å²) in [7, 11) is 1.31. The molecule has 7 heteroatoms. The standard InChI is InChI=1S/C17H29N3O4/c1-24-16(22)12-14-17(23)18-9-11-20(14)10-8-15(21)19-13-6-4-2-3-5-7-13/h13-14H,2-12H2,1H3,(H,18,23)(H,19,21). The molecule has 1 atom stereocenters. The van der Waals surface area contributed by atoms with Gasteiger partial charge in [0.25, 0.3) is 0 Å². The topological polar surface area (TPSA) is 87.7 Å². The van der Waals surface area contributed by atoms with Gasteiger partial charge in [0.15, 0.2) is 0 Å². The first-order chi connectivity index (χ1) is 11.6. The molecule has 2 rings (SSSR count). The summed E-state index contributed by atoms with van der Waals surface area (Å²) in [5, 5.41) is 5.88. The fraction of sp³-hybridized carbons (Fsp3) is 0.824. The van der Waals surface area contributed by atoms with Gasteiger partial charge in [-0.1, -0.05) is 25.7 Å². The Kier molecular flexibility index (Phi) is 7.49. The number of piperazine rings is 1. The molecule has 1 heterocycles. The molecule has 1 unspecified atom stereocenters. The van der Waals surface area contributed by atoms with E-state index in [1.54, 1.807) is 0 Å². The Morgan fingerprint density at radius 3 is 2.62 bits per heavy atom. The molecule has 24 heavy (non-hydrogen) atoms. The highest BCUT2D eigenvalue weighted by atomic mass is 16.5. The molecule has 2 amide bonds. The van der Waals surface area contributed by atoms with Crippen LogP contribution in [0.15, 0.2) is 0 Å². The van der Waals surface area contributed by atoms with Gasteiger partial charge in [0.05, 0.1) is 19.6 Å². The summed E-state index contributed by atoms with van der Waals surface area (Å²) in [6.45, 7) is 1.67. The van der Waals surface area contributed by atoms with Crippen molar-refractivity contribution in [2.24, 2.45) is 0 Å². The maximum atomic E-state index is 12.2. The van der Waals surface area contributed by atoms with Crippen molar-refractivity contribution in [3.8, 4) is 0 Å². The van der Waals surface area contributed by atoms with Gasteiger partial charge in [-0.15, -0.1) is 0 Å². The number of amides is 2. The lowest BCUT2D eigenvalue weighted by Crippen LogP contribution is -2.56. The van der Waals surface area contributed by atoms with Gasteiger partial charge in [0.1, 0.15) is 0 Å². The van der Waals surface area contributed by atoms with Crippen molar-refractivity contribution >= 4 is 17.8 Å². The van der Waals surface area contributed by atoms with E-state index < -0.39 is 12.0 Å². The Hall–Kier alpha value is -1.63. The van der Waals surface area contributed by atoms with Crippen molar-refractivity contribution in [3.05, 3.63) is 0 Å². The van der Waals surface area contributed by atoms with Gasteiger partial charge in [0.2, 0.25) is 11.8 Å². The summed E-state index contributed by atoms with van der Waals surface area (Å²) in [6.07, 6.45) is 7.35. The van der Waals surface area contributed by atoms with Gasteiger partial charge in [-0.3, -0.25) is 19.3 Å². The first kappa shape index (κ1) is 18.7. The summed E-state index contributed by atoms with van der Waals surface area (Å²) in [5.41, 5.74) is 0. The molecule has 1 aliphatic heterocycles. The molecule has 0 bridgehead atoms. The molecular weight excluding hydrogens is 310 g/mol. The summed E-state index contributed by atoms with van der Waals surface area (Å²) < 4.78 is 4.66. The van der Waals surface area contributed by atoms with Crippen LogP contribution in [0.3, 0.4) is 0 Å². The third-order valence-electron chi connectivity index (χ3n) is 4.88. The van der Waals surface area contributed by atoms with Gasteiger partial charge >= 0.3 is 5.97 Å². The molecule has 2 aliphatic rings. The third-order valence-corrected chi connectivity index (χ3v) is 4.88. The average Bonchev–Trinajstić information content (AvgIpc) is 2.83. The van der Waals surface area contributed by atoms with Crippen LogP contribution < -0.4 is 10.6 Å². The smallest absolute Gasteiger partial charge is 0.307 e. The Bertz CT molecular complexity index is 447. The highest BCUT2D eigenvalue weighted by Gasteiger charge is 2.32. The Morgan fingerprint density at radius 2 is 1.96 bits per heavy atom. The number of hydrogen-bond donors (Lipinski definition) is 2. The number of carbonyl (C=O) groups is 3. The Balaban J connectivity index is 1.80. The number of carbonyl (C=O) groups excluding carboxylic acids is 3. The van der Waals surface area contributed by atoms with Crippen molar-refractivity contribution in [2.75, 3.05) is 26.7 Å². The molecule has 2 fully saturated rings. The van der Waals surface area contributed by atoms with Gasteiger partial charge in [-0.2, -0.15) is 0 Å². The van der Waals surface area contributed by atoms with Crippen LogP contribution in [0.5, 0.6) is 0 Å². The van der Waals surface area contributed by atoms with Crippen molar-refractivity contribution in [1.29, 1.82) is 0 Å². The van der Waals surface area contributed by atoms with E-state index in [-0.39, 0.29) is 24.3 Å². The minimum Gasteiger partial charge on any atom is -0.469 e. The van der Waals surface area contributed by atoms with Gasteiger partial charge in [0, 0.05) is 32.1 Å². The van der Waals surface area contributed by atoms with Gasteiger partial charge in [-0.05, 0) is 12.8 Å². The quantitative estimate of drug-likeness (QED) is 0.546. The zero-order valence-corrected chi connectivity index (χ0v) is 14.5. The highest BCUT2D eigenvalue weighted by Crippen LogP contribution is 2.17. The molecule has 0 aromatic heterocycles. The second-order valence-electron chi connectivity index (χ2n) is 6.63. The van der Waals surface area contributed by atoms with Crippen LogP contribution in [-0.4, -0.2) is 61.5 Å². The molecule has 1 saturated carbocycles. The SMILES string of the molecule is COC(=O)CC1C(=O)NCCN1CCC(=O)NC1CCCCCC1. The molecule has 2 N–H and O–H groups in total.